The van der Waals surface area contributed by atoms with Gasteiger partial charge >= 0.3 is 0 Å². The van der Waals surface area contributed by atoms with Gasteiger partial charge < -0.3 is 16.0 Å². The third kappa shape index (κ3) is 3.41. The van der Waals surface area contributed by atoms with Gasteiger partial charge in [0.25, 0.3) is 0 Å². The Bertz CT molecular complexity index is 1240. The monoisotopic (exact) mass is 401 g/mol. The third-order valence-corrected chi connectivity index (χ3v) is 5.62. The number of benzene rings is 1. The SMILES string of the molecule is CNc1cc(Nc2cccc3cccnc23)nc2c(NC(=O)CC3CC3C)cnn12. The summed E-state index contributed by atoms with van der Waals surface area (Å²) in [7, 11) is 1.83. The number of pyridine rings is 1. The summed E-state index contributed by atoms with van der Waals surface area (Å²) in [6.45, 7) is 2.17. The second kappa shape index (κ2) is 7.29. The number of fused-ring (bicyclic) bond motifs is 2. The van der Waals surface area contributed by atoms with Gasteiger partial charge in [0.2, 0.25) is 5.91 Å². The number of nitrogens with one attached hydrogen (secondary N) is 3. The Morgan fingerprint density at radius 1 is 1.23 bits per heavy atom. The summed E-state index contributed by atoms with van der Waals surface area (Å²) in [5, 5.41) is 14.9. The van der Waals surface area contributed by atoms with Crippen LogP contribution in [0.2, 0.25) is 0 Å². The molecule has 152 valence electrons. The quantitative estimate of drug-likeness (QED) is 0.451. The van der Waals surface area contributed by atoms with E-state index < -0.39 is 0 Å². The van der Waals surface area contributed by atoms with Gasteiger partial charge in [0.1, 0.15) is 17.3 Å². The molecule has 8 nitrogen and oxygen atoms in total. The van der Waals surface area contributed by atoms with Crippen LogP contribution in [-0.4, -0.2) is 32.5 Å². The lowest BCUT2D eigenvalue weighted by molar-refractivity contribution is -0.116. The molecule has 5 rings (SSSR count). The molecule has 1 aromatic carbocycles. The number of anilines is 4. The van der Waals surface area contributed by atoms with E-state index in [9.17, 15) is 4.79 Å². The van der Waals surface area contributed by atoms with Crippen molar-refractivity contribution in [3.05, 3.63) is 48.8 Å². The van der Waals surface area contributed by atoms with E-state index in [0.717, 1.165) is 28.8 Å². The minimum atomic E-state index is 0.00340. The summed E-state index contributed by atoms with van der Waals surface area (Å²) in [5.74, 6) is 2.52. The Kier molecular flexibility index (Phi) is 4.46. The molecular formula is C22H23N7O. The van der Waals surface area contributed by atoms with Crippen LogP contribution in [0.1, 0.15) is 19.8 Å². The van der Waals surface area contributed by atoms with E-state index in [2.05, 4.69) is 33.0 Å². The molecule has 0 bridgehead atoms. The van der Waals surface area contributed by atoms with Gasteiger partial charge in [-0.3, -0.25) is 9.78 Å². The molecule has 3 N–H and O–H groups in total. The van der Waals surface area contributed by atoms with Gasteiger partial charge in [-0.2, -0.15) is 9.61 Å². The summed E-state index contributed by atoms with van der Waals surface area (Å²) < 4.78 is 1.68. The Morgan fingerprint density at radius 3 is 2.87 bits per heavy atom. The Balaban J connectivity index is 1.48. The van der Waals surface area contributed by atoms with E-state index >= 15 is 0 Å². The molecule has 1 aliphatic rings. The van der Waals surface area contributed by atoms with Crippen molar-refractivity contribution in [2.75, 3.05) is 23.0 Å². The highest BCUT2D eigenvalue weighted by molar-refractivity contribution is 5.95. The number of carbonyl (C=O) groups excluding carboxylic acids is 1. The van der Waals surface area contributed by atoms with Crippen molar-refractivity contribution >= 4 is 45.5 Å². The predicted molar refractivity (Wildman–Crippen MR) is 118 cm³/mol. The molecule has 0 saturated heterocycles. The molecule has 1 amide bonds. The molecule has 3 heterocycles. The maximum Gasteiger partial charge on any atom is 0.224 e. The molecule has 0 aliphatic heterocycles. The zero-order valence-corrected chi connectivity index (χ0v) is 16.9. The van der Waals surface area contributed by atoms with Crippen molar-refractivity contribution in [2.24, 2.45) is 11.8 Å². The van der Waals surface area contributed by atoms with Gasteiger partial charge in [-0.1, -0.05) is 25.1 Å². The first kappa shape index (κ1) is 18.4. The second-order valence-electron chi connectivity index (χ2n) is 7.80. The van der Waals surface area contributed by atoms with Crippen LogP contribution in [0, 0.1) is 11.8 Å². The molecule has 2 unspecified atom stereocenters. The number of amides is 1. The predicted octanol–water partition coefficient (Wildman–Crippen LogP) is 4.05. The largest absolute Gasteiger partial charge is 0.373 e. The fraction of sp³-hybridized carbons (Fsp3) is 0.273. The highest BCUT2D eigenvalue weighted by Gasteiger charge is 2.34. The van der Waals surface area contributed by atoms with Gasteiger partial charge in [0.05, 0.1) is 17.4 Å². The maximum absolute atomic E-state index is 12.4. The lowest BCUT2D eigenvalue weighted by Crippen LogP contribution is -2.12. The van der Waals surface area contributed by atoms with E-state index in [1.807, 2.05) is 43.4 Å². The van der Waals surface area contributed by atoms with Crippen LogP contribution < -0.4 is 16.0 Å². The Hall–Kier alpha value is -3.68. The van der Waals surface area contributed by atoms with Crippen molar-refractivity contribution in [2.45, 2.75) is 19.8 Å². The topological polar surface area (TPSA) is 96.2 Å². The van der Waals surface area contributed by atoms with E-state index in [1.54, 1.807) is 16.9 Å². The van der Waals surface area contributed by atoms with E-state index in [4.69, 9.17) is 4.98 Å². The molecule has 4 aromatic rings. The van der Waals surface area contributed by atoms with Crippen molar-refractivity contribution in [3.63, 3.8) is 0 Å². The van der Waals surface area contributed by atoms with Crippen molar-refractivity contribution in [1.82, 2.24) is 19.6 Å². The first-order valence-corrected chi connectivity index (χ1v) is 10.1. The number of rotatable bonds is 6. The second-order valence-corrected chi connectivity index (χ2v) is 7.80. The molecule has 0 spiro atoms. The molecular weight excluding hydrogens is 378 g/mol. The number of hydrogen-bond acceptors (Lipinski definition) is 6. The standard InChI is InChI=1S/C22H23N7O/c1-13-9-15(13)10-20(30)27-17-12-25-29-19(23-2)11-18(28-22(17)29)26-16-7-3-5-14-6-4-8-24-21(14)16/h3-8,11-13,15,23H,9-10H2,1-2H3,(H,26,28)(H,27,30). The van der Waals surface area contributed by atoms with Crippen LogP contribution >= 0.6 is 0 Å². The molecule has 8 heteroatoms. The normalized spacial score (nSPS) is 17.8. The lowest BCUT2D eigenvalue weighted by atomic mass is 10.2. The fourth-order valence-corrected chi connectivity index (χ4v) is 3.76. The van der Waals surface area contributed by atoms with Crippen molar-refractivity contribution < 1.29 is 4.79 Å². The summed E-state index contributed by atoms with van der Waals surface area (Å²) in [5.41, 5.74) is 2.91. The van der Waals surface area contributed by atoms with Crippen LogP contribution in [0.15, 0.2) is 48.8 Å². The molecule has 1 saturated carbocycles. The zero-order chi connectivity index (χ0) is 20.7. The highest BCUT2D eigenvalue weighted by Crippen LogP contribution is 2.40. The summed E-state index contributed by atoms with van der Waals surface area (Å²) in [6.07, 6.45) is 5.07. The molecule has 3 aromatic heterocycles. The number of aromatic nitrogens is 4. The maximum atomic E-state index is 12.4. The fourth-order valence-electron chi connectivity index (χ4n) is 3.76. The minimum Gasteiger partial charge on any atom is -0.373 e. The summed E-state index contributed by atoms with van der Waals surface area (Å²) >= 11 is 0. The molecule has 30 heavy (non-hydrogen) atoms. The number of carbonyl (C=O) groups is 1. The smallest absolute Gasteiger partial charge is 0.224 e. The van der Waals surface area contributed by atoms with E-state index in [1.165, 1.54) is 0 Å². The molecule has 1 fully saturated rings. The average Bonchev–Trinajstić information content (AvgIpc) is 3.29. The minimum absolute atomic E-state index is 0.00340. The van der Waals surface area contributed by atoms with Crippen molar-refractivity contribution in [1.29, 1.82) is 0 Å². The molecule has 2 atom stereocenters. The van der Waals surface area contributed by atoms with Crippen LogP contribution in [0.4, 0.5) is 23.0 Å². The van der Waals surface area contributed by atoms with Crippen molar-refractivity contribution in [3.8, 4) is 0 Å². The van der Waals surface area contributed by atoms with Gasteiger partial charge in [-0.05, 0) is 30.4 Å². The first-order valence-electron chi connectivity index (χ1n) is 10.1. The summed E-state index contributed by atoms with van der Waals surface area (Å²) in [4.78, 5) is 21.6. The Morgan fingerprint density at radius 2 is 2.07 bits per heavy atom. The van der Waals surface area contributed by atoms with E-state index in [0.29, 0.717) is 35.4 Å². The first-order chi connectivity index (χ1) is 14.6. The third-order valence-electron chi connectivity index (χ3n) is 5.62. The van der Waals surface area contributed by atoms with Crippen LogP contribution in [0.5, 0.6) is 0 Å². The van der Waals surface area contributed by atoms with Gasteiger partial charge in [0, 0.05) is 31.1 Å². The Labute approximate surface area is 173 Å². The highest BCUT2D eigenvalue weighted by atomic mass is 16.1. The lowest BCUT2D eigenvalue weighted by Gasteiger charge is -2.12. The van der Waals surface area contributed by atoms with E-state index in [-0.39, 0.29) is 5.91 Å². The summed E-state index contributed by atoms with van der Waals surface area (Å²) in [6, 6.07) is 11.8. The van der Waals surface area contributed by atoms with Gasteiger partial charge in [-0.25, -0.2) is 4.98 Å². The number of para-hydroxylation sites is 1. The van der Waals surface area contributed by atoms with Gasteiger partial charge in [-0.15, -0.1) is 0 Å². The van der Waals surface area contributed by atoms with Crippen LogP contribution in [0.25, 0.3) is 16.6 Å². The molecule has 1 aliphatic carbocycles. The van der Waals surface area contributed by atoms with Crippen LogP contribution in [-0.2, 0) is 4.79 Å². The number of nitrogens with zero attached hydrogens (tertiary/aromatic N) is 4. The van der Waals surface area contributed by atoms with Gasteiger partial charge in [0.15, 0.2) is 5.65 Å². The number of hydrogen-bond donors (Lipinski definition) is 3. The average molecular weight is 401 g/mol. The molecule has 0 radical (unpaired) electrons. The zero-order valence-electron chi connectivity index (χ0n) is 16.9. The van der Waals surface area contributed by atoms with Crippen LogP contribution in [0.3, 0.4) is 0 Å².